The first kappa shape index (κ1) is 16.6. The number of nitrogens with zero attached hydrogens (tertiary/aromatic N) is 4. The Morgan fingerprint density at radius 2 is 2.11 bits per heavy atom. The molecule has 1 aliphatic rings. The smallest absolute Gasteiger partial charge is 0.165 e. The molecule has 136 valence electrons. The molecule has 3 N–H and O–H groups in total. The summed E-state index contributed by atoms with van der Waals surface area (Å²) in [6, 6.07) is 10.5. The van der Waals surface area contributed by atoms with Crippen LogP contribution in [0.1, 0.15) is 5.69 Å². The van der Waals surface area contributed by atoms with Gasteiger partial charge in [-0.15, -0.1) is 0 Å². The average molecular weight is 425 g/mol. The molecule has 4 aromatic rings. The van der Waals surface area contributed by atoms with Crippen LogP contribution in [0, 0.1) is 0 Å². The van der Waals surface area contributed by atoms with E-state index in [1.54, 1.807) is 10.7 Å². The average Bonchev–Trinajstić information content (AvgIpc) is 3.08. The number of hydrogen-bond donors (Lipinski definition) is 2. The summed E-state index contributed by atoms with van der Waals surface area (Å²) in [5.74, 6) is 0.529. The number of fused-ring (bicyclic) bond motifs is 2. The monoisotopic (exact) mass is 424 g/mol. The van der Waals surface area contributed by atoms with Gasteiger partial charge < -0.3 is 15.8 Å². The number of para-hydroxylation sites is 1. The SMILES string of the molecule is Nc1c(Br)c(CNC2COC2)nc2c(-c3cnc4ccccc4c3)cnn12. The van der Waals surface area contributed by atoms with E-state index in [1.807, 2.05) is 30.5 Å². The van der Waals surface area contributed by atoms with Crippen molar-refractivity contribution in [1.29, 1.82) is 0 Å². The maximum absolute atomic E-state index is 6.30. The Kier molecular flexibility index (Phi) is 4.04. The van der Waals surface area contributed by atoms with Crippen LogP contribution < -0.4 is 11.1 Å². The van der Waals surface area contributed by atoms with Gasteiger partial charge in [0.15, 0.2) is 5.65 Å². The van der Waals surface area contributed by atoms with Gasteiger partial charge in [0.05, 0.1) is 41.1 Å². The molecule has 1 fully saturated rings. The summed E-state index contributed by atoms with van der Waals surface area (Å²) in [6.45, 7) is 2.07. The maximum Gasteiger partial charge on any atom is 0.165 e. The number of aromatic nitrogens is 4. The zero-order valence-electron chi connectivity index (χ0n) is 14.4. The van der Waals surface area contributed by atoms with Crippen molar-refractivity contribution in [3.8, 4) is 11.1 Å². The number of anilines is 1. The molecule has 0 bridgehead atoms. The van der Waals surface area contributed by atoms with Crippen LogP contribution >= 0.6 is 15.9 Å². The van der Waals surface area contributed by atoms with Crippen molar-refractivity contribution in [2.75, 3.05) is 18.9 Å². The quantitative estimate of drug-likeness (QED) is 0.523. The first-order valence-corrected chi connectivity index (χ1v) is 9.48. The van der Waals surface area contributed by atoms with Gasteiger partial charge >= 0.3 is 0 Å². The van der Waals surface area contributed by atoms with Crippen LogP contribution in [-0.4, -0.2) is 38.8 Å². The summed E-state index contributed by atoms with van der Waals surface area (Å²) >= 11 is 3.56. The maximum atomic E-state index is 6.30. The molecule has 0 unspecified atom stereocenters. The van der Waals surface area contributed by atoms with E-state index < -0.39 is 0 Å². The number of hydrogen-bond acceptors (Lipinski definition) is 6. The molecular formula is C19H17BrN6O. The van der Waals surface area contributed by atoms with Crippen LogP contribution in [0.3, 0.4) is 0 Å². The summed E-state index contributed by atoms with van der Waals surface area (Å²) in [4.78, 5) is 9.38. The predicted molar refractivity (Wildman–Crippen MR) is 107 cm³/mol. The Morgan fingerprint density at radius 3 is 2.93 bits per heavy atom. The van der Waals surface area contributed by atoms with Gasteiger partial charge in [-0.2, -0.15) is 9.61 Å². The Labute approximate surface area is 163 Å². The lowest BCUT2D eigenvalue weighted by Gasteiger charge is -2.27. The Balaban J connectivity index is 1.60. The Bertz CT molecular complexity index is 1150. The third-order valence-corrected chi connectivity index (χ3v) is 5.65. The van der Waals surface area contributed by atoms with Gasteiger partial charge in [0.1, 0.15) is 5.82 Å². The topological polar surface area (TPSA) is 90.4 Å². The van der Waals surface area contributed by atoms with Crippen molar-refractivity contribution in [3.63, 3.8) is 0 Å². The first-order valence-electron chi connectivity index (χ1n) is 8.68. The summed E-state index contributed by atoms with van der Waals surface area (Å²) < 4.78 is 7.62. The van der Waals surface area contributed by atoms with Gasteiger partial charge in [0, 0.05) is 29.3 Å². The lowest BCUT2D eigenvalue weighted by Crippen LogP contribution is -2.45. The lowest BCUT2D eigenvalue weighted by atomic mass is 10.1. The fourth-order valence-electron chi connectivity index (χ4n) is 3.18. The highest BCUT2D eigenvalue weighted by Crippen LogP contribution is 2.30. The molecular weight excluding hydrogens is 408 g/mol. The predicted octanol–water partition coefficient (Wildman–Crippen LogP) is 2.78. The van der Waals surface area contributed by atoms with Crippen molar-refractivity contribution in [2.24, 2.45) is 0 Å². The van der Waals surface area contributed by atoms with Crippen molar-refractivity contribution in [3.05, 3.63) is 52.9 Å². The number of rotatable bonds is 4. The number of ether oxygens (including phenoxy) is 1. The minimum Gasteiger partial charge on any atom is -0.383 e. The molecule has 7 nitrogen and oxygen atoms in total. The highest BCUT2D eigenvalue weighted by atomic mass is 79.9. The van der Waals surface area contributed by atoms with Gasteiger partial charge in [0.2, 0.25) is 0 Å². The third-order valence-electron chi connectivity index (χ3n) is 4.79. The fraction of sp³-hybridized carbons (Fsp3) is 0.211. The van der Waals surface area contributed by atoms with Crippen LogP contribution in [0.5, 0.6) is 0 Å². The highest BCUT2D eigenvalue weighted by Gasteiger charge is 2.20. The van der Waals surface area contributed by atoms with Crippen molar-refractivity contribution in [1.82, 2.24) is 24.9 Å². The zero-order valence-corrected chi connectivity index (χ0v) is 16.0. The van der Waals surface area contributed by atoms with Crippen molar-refractivity contribution >= 4 is 38.3 Å². The molecule has 27 heavy (non-hydrogen) atoms. The molecule has 0 amide bonds. The Morgan fingerprint density at radius 1 is 1.26 bits per heavy atom. The number of nitrogens with one attached hydrogen (secondary N) is 1. The zero-order chi connectivity index (χ0) is 18.4. The third kappa shape index (κ3) is 2.86. The summed E-state index contributed by atoms with van der Waals surface area (Å²) in [7, 11) is 0. The van der Waals surface area contributed by atoms with Crippen LogP contribution in [0.4, 0.5) is 5.82 Å². The normalized spacial score (nSPS) is 14.7. The minimum atomic E-state index is 0.366. The largest absolute Gasteiger partial charge is 0.383 e. The number of nitrogen functional groups attached to an aromatic ring is 1. The van der Waals surface area contributed by atoms with Crippen LogP contribution in [0.15, 0.2) is 47.2 Å². The van der Waals surface area contributed by atoms with E-state index in [1.165, 1.54) is 0 Å². The summed E-state index contributed by atoms with van der Waals surface area (Å²) in [5.41, 5.74) is 10.7. The minimum absolute atomic E-state index is 0.366. The number of pyridine rings is 1. The van der Waals surface area contributed by atoms with Crippen LogP contribution in [0.25, 0.3) is 27.7 Å². The van der Waals surface area contributed by atoms with E-state index >= 15 is 0 Å². The van der Waals surface area contributed by atoms with E-state index in [9.17, 15) is 0 Å². The molecule has 1 saturated heterocycles. The van der Waals surface area contributed by atoms with E-state index in [-0.39, 0.29) is 0 Å². The molecule has 0 spiro atoms. The fourth-order valence-corrected chi connectivity index (χ4v) is 3.57. The van der Waals surface area contributed by atoms with Crippen molar-refractivity contribution in [2.45, 2.75) is 12.6 Å². The molecule has 8 heteroatoms. The second kappa shape index (κ2) is 6.56. The number of nitrogens with two attached hydrogens (primary N) is 1. The van der Waals surface area contributed by atoms with Crippen molar-refractivity contribution < 1.29 is 4.74 Å². The van der Waals surface area contributed by atoms with E-state index in [0.717, 1.165) is 51.1 Å². The molecule has 1 aliphatic heterocycles. The molecule has 3 aromatic heterocycles. The van der Waals surface area contributed by atoms with Gasteiger partial charge in [-0.3, -0.25) is 4.98 Å². The molecule has 0 radical (unpaired) electrons. The Hall–Kier alpha value is -2.55. The molecule has 1 aromatic carbocycles. The second-order valence-electron chi connectivity index (χ2n) is 6.58. The highest BCUT2D eigenvalue weighted by molar-refractivity contribution is 9.10. The second-order valence-corrected chi connectivity index (χ2v) is 7.38. The van der Waals surface area contributed by atoms with Crippen LogP contribution in [-0.2, 0) is 11.3 Å². The first-order chi connectivity index (χ1) is 13.2. The molecule has 0 saturated carbocycles. The van der Waals surface area contributed by atoms with E-state index in [4.69, 9.17) is 15.5 Å². The standard InChI is InChI=1S/C19H17BrN6O/c20-17-16(8-22-13-9-27-10-13)25-19-14(7-24-26(19)18(17)21)12-5-11-3-1-2-4-15(11)23-6-12/h1-7,13,22H,8-10,21H2. The molecule has 4 heterocycles. The summed E-state index contributed by atoms with van der Waals surface area (Å²) in [5, 5.41) is 8.93. The molecule has 0 atom stereocenters. The van der Waals surface area contributed by atoms with Gasteiger partial charge in [-0.1, -0.05) is 18.2 Å². The number of halogens is 1. The van der Waals surface area contributed by atoms with Gasteiger partial charge in [-0.25, -0.2) is 4.98 Å². The van der Waals surface area contributed by atoms with Gasteiger partial charge in [-0.05, 0) is 28.1 Å². The molecule has 5 rings (SSSR count). The summed E-state index contributed by atoms with van der Waals surface area (Å²) in [6.07, 6.45) is 3.64. The lowest BCUT2D eigenvalue weighted by molar-refractivity contribution is -0.00592. The van der Waals surface area contributed by atoms with Crippen LogP contribution in [0.2, 0.25) is 0 Å². The van der Waals surface area contributed by atoms with Gasteiger partial charge in [0.25, 0.3) is 0 Å². The van der Waals surface area contributed by atoms with E-state index in [0.29, 0.717) is 18.4 Å². The molecule has 0 aliphatic carbocycles. The van der Waals surface area contributed by atoms with E-state index in [2.05, 4.69) is 37.4 Å². The number of benzene rings is 1.